The van der Waals surface area contributed by atoms with Crippen LogP contribution < -0.4 is 10.6 Å². The highest BCUT2D eigenvalue weighted by Crippen LogP contribution is 2.26. The summed E-state index contributed by atoms with van der Waals surface area (Å²) in [4.78, 5) is 63.9. The number of fused-ring (bicyclic) bond motifs is 1. The van der Waals surface area contributed by atoms with Gasteiger partial charge in [0.15, 0.2) is 0 Å². The van der Waals surface area contributed by atoms with Crippen molar-refractivity contribution < 1.29 is 33.4 Å². The fraction of sp³-hybridized carbons (Fsp3) is 0.522. The first kappa shape index (κ1) is 23.7. The van der Waals surface area contributed by atoms with Crippen molar-refractivity contribution in [3.8, 4) is 0 Å². The number of nitrogens with zero attached hydrogens (tertiary/aromatic N) is 2. The Morgan fingerprint density at radius 1 is 1.12 bits per heavy atom. The average molecular weight is 472 g/mol. The molecule has 11 nitrogen and oxygen atoms in total. The summed E-state index contributed by atoms with van der Waals surface area (Å²) in [5.74, 6) is -2.23. The second-order valence-electron chi connectivity index (χ2n) is 8.42. The van der Waals surface area contributed by atoms with Gasteiger partial charge in [-0.15, -0.1) is 0 Å². The van der Waals surface area contributed by atoms with Gasteiger partial charge in [-0.05, 0) is 38.3 Å². The van der Waals surface area contributed by atoms with Gasteiger partial charge in [-0.2, -0.15) is 0 Å². The number of rotatable bonds is 6. The van der Waals surface area contributed by atoms with Gasteiger partial charge in [-0.1, -0.05) is 18.2 Å². The zero-order chi connectivity index (χ0) is 24.2. The molecular formula is C23H28N4O7. The maximum Gasteiger partial charge on any atom is 0.310 e. The van der Waals surface area contributed by atoms with E-state index in [0.717, 1.165) is 0 Å². The highest BCUT2D eigenvalue weighted by molar-refractivity contribution is 5.99. The maximum atomic E-state index is 13.5. The number of esters is 1. The van der Waals surface area contributed by atoms with Crippen molar-refractivity contribution in [3.05, 3.63) is 35.9 Å². The highest BCUT2D eigenvalue weighted by atomic mass is 16.7. The average Bonchev–Trinajstić information content (AvgIpc) is 3.13. The molecule has 34 heavy (non-hydrogen) atoms. The molecule has 3 aliphatic heterocycles. The Morgan fingerprint density at radius 3 is 2.62 bits per heavy atom. The number of benzene rings is 1. The van der Waals surface area contributed by atoms with Gasteiger partial charge in [-0.25, -0.2) is 5.01 Å². The predicted octanol–water partition coefficient (Wildman–Crippen LogP) is 0.108. The first-order chi connectivity index (χ1) is 16.4. The summed E-state index contributed by atoms with van der Waals surface area (Å²) in [5, 5.41) is 7.96. The molecule has 3 aliphatic rings. The molecule has 1 aromatic rings. The largest absolute Gasteiger partial charge is 0.433 e. The quantitative estimate of drug-likeness (QED) is 0.561. The number of cyclic esters (lactones) is 1. The number of carbonyl (C=O) groups is 5. The van der Waals surface area contributed by atoms with Gasteiger partial charge in [-0.3, -0.25) is 29.0 Å². The predicted molar refractivity (Wildman–Crippen MR) is 117 cm³/mol. The Labute approximate surface area is 196 Å². The molecule has 182 valence electrons. The Kier molecular flexibility index (Phi) is 7.11. The third-order valence-electron chi connectivity index (χ3n) is 6.13. The van der Waals surface area contributed by atoms with Crippen molar-refractivity contribution in [1.29, 1.82) is 0 Å². The fourth-order valence-corrected chi connectivity index (χ4v) is 4.49. The van der Waals surface area contributed by atoms with Crippen LogP contribution in [0.1, 0.15) is 49.4 Å². The summed E-state index contributed by atoms with van der Waals surface area (Å²) in [7, 11) is 0. The summed E-state index contributed by atoms with van der Waals surface area (Å²) in [6.07, 6.45) is 0.115. The third-order valence-corrected chi connectivity index (χ3v) is 6.13. The van der Waals surface area contributed by atoms with E-state index in [1.807, 2.05) is 0 Å². The van der Waals surface area contributed by atoms with E-state index in [-0.39, 0.29) is 25.2 Å². The van der Waals surface area contributed by atoms with Gasteiger partial charge in [0.25, 0.3) is 11.8 Å². The van der Waals surface area contributed by atoms with E-state index in [2.05, 4.69) is 10.6 Å². The van der Waals surface area contributed by atoms with Gasteiger partial charge in [0.2, 0.25) is 18.1 Å². The van der Waals surface area contributed by atoms with Crippen LogP contribution in [0.2, 0.25) is 0 Å². The number of hydrogen-bond donors (Lipinski definition) is 2. The normalized spacial score (nSPS) is 27.0. The molecule has 1 unspecified atom stereocenters. The topological polar surface area (TPSA) is 134 Å². The lowest BCUT2D eigenvalue weighted by atomic mass is 10.0. The maximum absolute atomic E-state index is 13.5. The summed E-state index contributed by atoms with van der Waals surface area (Å²) in [6, 6.07) is 5.86. The molecule has 4 rings (SSSR count). The van der Waals surface area contributed by atoms with Crippen LogP contribution in [0.5, 0.6) is 0 Å². The van der Waals surface area contributed by atoms with E-state index in [0.29, 0.717) is 31.6 Å². The third kappa shape index (κ3) is 4.89. The van der Waals surface area contributed by atoms with E-state index in [1.165, 1.54) is 10.0 Å². The van der Waals surface area contributed by atoms with Crippen LogP contribution in [0.4, 0.5) is 0 Å². The lowest BCUT2D eigenvalue weighted by Gasteiger charge is -2.43. The van der Waals surface area contributed by atoms with Gasteiger partial charge >= 0.3 is 5.97 Å². The monoisotopic (exact) mass is 472 g/mol. The summed E-state index contributed by atoms with van der Waals surface area (Å²) >= 11 is 0. The van der Waals surface area contributed by atoms with Crippen LogP contribution in [0.15, 0.2) is 30.3 Å². The zero-order valence-corrected chi connectivity index (χ0v) is 18.9. The molecule has 0 aromatic heterocycles. The van der Waals surface area contributed by atoms with Crippen LogP contribution in [-0.4, -0.2) is 77.2 Å². The van der Waals surface area contributed by atoms with Crippen molar-refractivity contribution in [1.82, 2.24) is 20.7 Å². The van der Waals surface area contributed by atoms with Crippen LogP contribution in [0, 0.1) is 0 Å². The molecule has 4 amide bonds. The first-order valence-corrected chi connectivity index (χ1v) is 11.5. The summed E-state index contributed by atoms with van der Waals surface area (Å²) in [6.45, 7) is 2.35. The second kappa shape index (κ2) is 10.2. The number of amides is 4. The van der Waals surface area contributed by atoms with Crippen LogP contribution in [-0.2, 0) is 28.7 Å². The minimum atomic E-state index is -0.961. The van der Waals surface area contributed by atoms with Crippen molar-refractivity contribution in [3.63, 3.8) is 0 Å². The highest BCUT2D eigenvalue weighted by Gasteiger charge is 2.46. The second-order valence-corrected chi connectivity index (χ2v) is 8.42. The van der Waals surface area contributed by atoms with Crippen molar-refractivity contribution in [2.75, 3.05) is 13.2 Å². The van der Waals surface area contributed by atoms with Crippen LogP contribution in [0.25, 0.3) is 0 Å². The zero-order valence-electron chi connectivity index (χ0n) is 18.9. The number of hydrazine groups is 1. The van der Waals surface area contributed by atoms with Crippen molar-refractivity contribution in [2.45, 2.75) is 63.4 Å². The van der Waals surface area contributed by atoms with E-state index < -0.39 is 48.1 Å². The lowest BCUT2D eigenvalue weighted by Crippen LogP contribution is -2.64. The van der Waals surface area contributed by atoms with E-state index >= 15 is 0 Å². The molecule has 1 aromatic carbocycles. The first-order valence-electron chi connectivity index (χ1n) is 11.5. The molecule has 3 heterocycles. The van der Waals surface area contributed by atoms with Gasteiger partial charge in [0, 0.05) is 25.1 Å². The molecule has 0 aliphatic carbocycles. The minimum Gasteiger partial charge on any atom is -0.433 e. The molecular weight excluding hydrogens is 444 g/mol. The molecule has 3 saturated heterocycles. The Morgan fingerprint density at radius 2 is 1.88 bits per heavy atom. The Bertz CT molecular complexity index is 969. The fourth-order valence-electron chi connectivity index (χ4n) is 4.49. The molecule has 0 bridgehead atoms. The van der Waals surface area contributed by atoms with Crippen molar-refractivity contribution >= 4 is 29.6 Å². The number of ether oxygens (including phenoxy) is 2. The number of nitrogens with one attached hydrogen (secondary N) is 2. The molecule has 3 fully saturated rings. The summed E-state index contributed by atoms with van der Waals surface area (Å²) in [5.41, 5.74) is 0.392. The number of carbonyl (C=O) groups excluding carboxylic acids is 5. The molecule has 0 radical (unpaired) electrons. The van der Waals surface area contributed by atoms with E-state index in [9.17, 15) is 24.0 Å². The molecule has 0 saturated carbocycles. The smallest absolute Gasteiger partial charge is 0.310 e. The van der Waals surface area contributed by atoms with E-state index in [1.54, 1.807) is 37.3 Å². The van der Waals surface area contributed by atoms with Gasteiger partial charge < -0.3 is 20.1 Å². The Hall–Kier alpha value is -3.47. The van der Waals surface area contributed by atoms with E-state index in [4.69, 9.17) is 9.47 Å². The lowest BCUT2D eigenvalue weighted by molar-refractivity contribution is -0.177. The number of hydrogen-bond acceptors (Lipinski definition) is 7. The standard InChI is InChI=1S/C23H28N4O7/c1-2-33-23-16(13-19(29)34-23)25-21(31)17-9-6-12-26-18(28)11-10-15(22(32)27(17)26)24-20(30)14-7-4-3-5-8-14/h3-5,7-8,15-17,23H,2,6,9-13H2,1H3,(H,24,30)(H,25,31)/t15-,16-,17-,23?/m0/s1. The molecule has 2 N–H and O–H groups in total. The Balaban J connectivity index is 1.52. The van der Waals surface area contributed by atoms with Crippen molar-refractivity contribution in [2.24, 2.45) is 0 Å². The molecule has 4 atom stereocenters. The SMILES string of the molecule is CCOC1OC(=O)C[C@@H]1NC(=O)[C@@H]1CCCN2C(=O)CC[C@H](NC(=O)c3ccccc3)C(=O)N12. The molecule has 0 spiro atoms. The van der Waals surface area contributed by atoms with Gasteiger partial charge in [0.05, 0.1) is 6.42 Å². The minimum absolute atomic E-state index is 0.0462. The molecule has 11 heteroatoms. The van der Waals surface area contributed by atoms with Gasteiger partial charge in [0.1, 0.15) is 18.1 Å². The van der Waals surface area contributed by atoms with Crippen LogP contribution >= 0.6 is 0 Å². The summed E-state index contributed by atoms with van der Waals surface area (Å²) < 4.78 is 10.5. The van der Waals surface area contributed by atoms with Crippen LogP contribution in [0.3, 0.4) is 0 Å².